The van der Waals surface area contributed by atoms with Gasteiger partial charge in [0.2, 0.25) is 0 Å². The first-order valence-electron chi connectivity index (χ1n) is 19.8. The van der Waals surface area contributed by atoms with Crippen LogP contribution in [0.1, 0.15) is 42.0 Å². The Morgan fingerprint density at radius 3 is 2.41 bits per heavy atom. The number of hydrogen-bond donors (Lipinski definition) is 0. The summed E-state index contributed by atoms with van der Waals surface area (Å²) in [5.74, 6) is 7.08. The number of imidazole rings is 1. The molecule has 7 heteroatoms. The van der Waals surface area contributed by atoms with Crippen LogP contribution in [-0.2, 0) is 20.1 Å². The van der Waals surface area contributed by atoms with E-state index in [9.17, 15) is 0 Å². The molecule has 0 fully saturated rings. The molecule has 9 rings (SSSR count). The Balaban J connectivity index is 0.000000184. The van der Waals surface area contributed by atoms with E-state index < -0.39 is 26.0 Å². The molecule has 271 valence electrons. The van der Waals surface area contributed by atoms with Gasteiger partial charge in [-0.05, 0) is 46.7 Å². The van der Waals surface area contributed by atoms with Gasteiger partial charge in [-0.3, -0.25) is 4.98 Å². The van der Waals surface area contributed by atoms with Crippen molar-refractivity contribution in [1.29, 1.82) is 0 Å². The second kappa shape index (κ2) is 15.4. The Morgan fingerprint density at radius 2 is 1.63 bits per heavy atom. The van der Waals surface area contributed by atoms with E-state index in [0.29, 0.717) is 0 Å². The number of benzene rings is 5. The zero-order valence-corrected chi connectivity index (χ0v) is 36.4. The maximum atomic E-state index is 8.49. The van der Waals surface area contributed by atoms with E-state index in [2.05, 4.69) is 118 Å². The topological polar surface area (TPSA) is 43.6 Å². The largest absolute Gasteiger partial charge is 0 e. The molecule has 0 N–H and O–H groups in total. The monoisotopic (exact) mass is 965 g/mol. The summed E-state index contributed by atoms with van der Waals surface area (Å²) in [7, 11) is 0. The SMILES string of the molecule is Cc1ccc2c(n1)sc1c(-c3nc4ccccc4n3-c3cccc4ccccc34)[c-]ccc12.[2H]C([2H])([2H])c1c[c-]c(-c2cc(C([2H])(C)C)[c]([Ge]([CH3])([CH3])[CH3])cn2)cc1.[Ir]. The second-order valence-electron chi connectivity index (χ2n) is 14.6. The van der Waals surface area contributed by atoms with Crippen molar-refractivity contribution in [1.82, 2.24) is 19.5 Å². The van der Waals surface area contributed by atoms with Gasteiger partial charge in [-0.1, -0.05) is 65.5 Å². The van der Waals surface area contributed by atoms with Crippen molar-refractivity contribution >= 4 is 71.1 Å². The predicted molar refractivity (Wildman–Crippen MR) is 229 cm³/mol. The van der Waals surface area contributed by atoms with Crippen LogP contribution in [0, 0.1) is 25.9 Å². The van der Waals surface area contributed by atoms with Crippen molar-refractivity contribution in [3.8, 4) is 28.3 Å². The second-order valence-corrected chi connectivity index (χ2v) is 26.2. The van der Waals surface area contributed by atoms with Crippen LogP contribution in [-0.4, -0.2) is 32.8 Å². The van der Waals surface area contributed by atoms with Gasteiger partial charge in [0.15, 0.2) is 0 Å². The summed E-state index contributed by atoms with van der Waals surface area (Å²) in [6.45, 7) is 3.70. The zero-order valence-electron chi connectivity index (χ0n) is 35.1. The Morgan fingerprint density at radius 1 is 0.833 bits per heavy atom. The Hall–Kier alpha value is -4.46. The summed E-state index contributed by atoms with van der Waals surface area (Å²) >= 11 is -0.422. The Bertz CT molecular complexity index is 2940. The number of rotatable bonds is 5. The number of aryl methyl sites for hydroxylation is 2. The van der Waals surface area contributed by atoms with E-state index in [-0.39, 0.29) is 25.7 Å². The first-order valence-corrected chi connectivity index (χ1v) is 25.9. The number of nitrogens with zero attached hydrogens (tertiary/aromatic N) is 4. The zero-order chi connectivity index (χ0) is 40.3. The van der Waals surface area contributed by atoms with Gasteiger partial charge < -0.3 is 4.57 Å². The average Bonchev–Trinajstić information content (AvgIpc) is 3.75. The summed E-state index contributed by atoms with van der Waals surface area (Å²) in [6.07, 6.45) is 1.91. The van der Waals surface area contributed by atoms with Crippen LogP contribution in [0.25, 0.3) is 70.4 Å². The fraction of sp³-hybridized carbons (Fsp3) is 0.170. The predicted octanol–water partition coefficient (Wildman–Crippen LogP) is 12.2. The van der Waals surface area contributed by atoms with Gasteiger partial charge in [-0.25, -0.2) is 4.98 Å². The number of fused-ring (bicyclic) bond motifs is 5. The minimum atomic E-state index is -2.14. The van der Waals surface area contributed by atoms with Crippen molar-refractivity contribution in [3.05, 3.63) is 150 Å². The van der Waals surface area contributed by atoms with Gasteiger partial charge in [0.05, 0.1) is 16.9 Å². The number of aromatic nitrogens is 4. The molecule has 9 aromatic rings. The summed E-state index contributed by atoms with van der Waals surface area (Å²) in [5.41, 5.74) is 7.99. The minimum absolute atomic E-state index is 0. The standard InChI is InChI=1S/C29H18N3S.C18H24GeN.Ir/c1-18-16-17-22-21-11-7-12-23(27(21)33-29(22)30-18)28-31-24-13-4-5-14-26(24)32(28)25-15-6-9-19-8-2-3-10-20(19)25;1-13(2)16-11-18(15-9-7-14(3)8-10-15)20-12-17(16)19(4,5)6;/h2-11,13-17H,1H3;7-9,11-13H,1-6H3;/q2*-1;/i;3D3,13D;. The smallest absolute Gasteiger partial charge is 0 e. The summed E-state index contributed by atoms with van der Waals surface area (Å²) in [5, 5.41) is 4.80. The normalized spacial score (nSPS) is 13.1. The maximum Gasteiger partial charge on any atom is 0 e. The summed E-state index contributed by atoms with van der Waals surface area (Å²) in [4.78, 5) is 15.5. The molecule has 0 aliphatic rings. The van der Waals surface area contributed by atoms with Gasteiger partial charge in [-0.15, -0.1) is 18.2 Å². The minimum Gasteiger partial charge on any atom is 0 e. The molecular weight excluding hydrogens is 917 g/mol. The van der Waals surface area contributed by atoms with Crippen LogP contribution >= 0.6 is 11.3 Å². The molecule has 0 atom stereocenters. The molecule has 5 aromatic carbocycles. The number of pyridine rings is 2. The van der Waals surface area contributed by atoms with E-state index in [1.165, 1.54) is 36.7 Å². The van der Waals surface area contributed by atoms with E-state index in [0.717, 1.165) is 55.5 Å². The molecule has 0 spiro atoms. The molecule has 1 radical (unpaired) electrons. The number of thiophene rings is 1. The van der Waals surface area contributed by atoms with Crippen LogP contribution in [0.2, 0.25) is 17.3 Å². The van der Waals surface area contributed by atoms with Gasteiger partial charge in [0, 0.05) is 36.9 Å². The van der Waals surface area contributed by atoms with Gasteiger partial charge >= 0.3 is 131 Å². The molecule has 0 bridgehead atoms. The molecule has 0 amide bonds. The Kier molecular flexibility index (Phi) is 9.36. The summed E-state index contributed by atoms with van der Waals surface area (Å²) < 4.78 is 35.5. The molecule has 0 saturated heterocycles. The molecule has 0 unspecified atom stereocenters. The third kappa shape index (κ3) is 7.21. The van der Waals surface area contributed by atoms with E-state index in [1.807, 2.05) is 45.2 Å². The van der Waals surface area contributed by atoms with Crippen LogP contribution in [0.15, 0.2) is 121 Å². The number of hydrogen-bond acceptors (Lipinski definition) is 4. The molecular formula is C47H42GeIrN4S-2. The van der Waals surface area contributed by atoms with E-state index >= 15 is 0 Å². The number of para-hydroxylation sites is 2. The average molecular weight is 964 g/mol. The first kappa shape index (κ1) is 32.9. The van der Waals surface area contributed by atoms with Crippen molar-refractivity contribution in [2.75, 3.05) is 0 Å². The fourth-order valence-electron chi connectivity index (χ4n) is 6.92. The Labute approximate surface area is 343 Å². The van der Waals surface area contributed by atoms with Gasteiger partial charge in [0.1, 0.15) is 4.83 Å². The molecule has 0 aliphatic heterocycles. The van der Waals surface area contributed by atoms with E-state index in [4.69, 9.17) is 15.5 Å². The molecule has 4 nitrogen and oxygen atoms in total. The third-order valence-electron chi connectivity index (χ3n) is 9.57. The maximum absolute atomic E-state index is 8.49. The molecule has 4 heterocycles. The summed E-state index contributed by atoms with van der Waals surface area (Å²) in [6, 6.07) is 45.1. The molecule has 0 aliphatic carbocycles. The molecule has 4 aromatic heterocycles. The fourth-order valence-corrected chi connectivity index (χ4v) is 11.5. The van der Waals surface area contributed by atoms with Gasteiger partial charge in [0.25, 0.3) is 0 Å². The van der Waals surface area contributed by atoms with Crippen LogP contribution in [0.3, 0.4) is 0 Å². The molecule has 0 saturated carbocycles. The van der Waals surface area contributed by atoms with Crippen molar-refractivity contribution in [2.45, 2.75) is 50.8 Å². The molecule has 54 heavy (non-hydrogen) atoms. The van der Waals surface area contributed by atoms with E-state index in [1.54, 1.807) is 23.5 Å². The van der Waals surface area contributed by atoms with Crippen molar-refractivity contribution in [3.63, 3.8) is 0 Å². The van der Waals surface area contributed by atoms with Crippen molar-refractivity contribution < 1.29 is 25.6 Å². The van der Waals surface area contributed by atoms with Crippen molar-refractivity contribution in [2.24, 2.45) is 0 Å². The van der Waals surface area contributed by atoms with Gasteiger partial charge in [-0.2, -0.15) is 11.3 Å². The van der Waals surface area contributed by atoms with Crippen LogP contribution in [0.5, 0.6) is 0 Å². The quantitative estimate of drug-likeness (QED) is 0.128. The van der Waals surface area contributed by atoms with Crippen LogP contribution < -0.4 is 4.40 Å². The third-order valence-corrected chi connectivity index (χ3v) is 14.9. The van der Waals surface area contributed by atoms with Crippen LogP contribution in [0.4, 0.5) is 0 Å². The first-order chi connectivity index (χ1) is 27.1.